The lowest BCUT2D eigenvalue weighted by Gasteiger charge is -2.11. The Morgan fingerprint density at radius 1 is 1.15 bits per heavy atom. The van der Waals surface area contributed by atoms with Crippen LogP contribution in [0.25, 0.3) is 16.5 Å². The number of nitrogens with one attached hydrogen (secondary N) is 1. The highest BCUT2D eigenvalue weighted by Crippen LogP contribution is 2.35. The zero-order valence-corrected chi connectivity index (χ0v) is 12.9. The summed E-state index contributed by atoms with van der Waals surface area (Å²) in [6, 6.07) is 5.59. The smallest absolute Gasteiger partial charge is 0.206 e. The molecule has 1 N–H and O–H groups in total. The van der Waals surface area contributed by atoms with Crippen molar-refractivity contribution in [2.24, 2.45) is 0 Å². The Bertz CT molecular complexity index is 833. The van der Waals surface area contributed by atoms with Gasteiger partial charge in [0, 0.05) is 33.2 Å². The Morgan fingerprint density at radius 3 is 2.65 bits per heavy atom. The van der Waals surface area contributed by atoms with E-state index in [1.165, 1.54) is 0 Å². The van der Waals surface area contributed by atoms with Gasteiger partial charge in [0.05, 0.1) is 15.6 Å². The van der Waals surface area contributed by atoms with Crippen LogP contribution in [0.2, 0.25) is 0 Å². The third-order valence-corrected chi connectivity index (χ3v) is 4.20. The Balaban J connectivity index is 2.30. The molecule has 0 radical (unpaired) electrons. The first kappa shape index (κ1) is 13.6. The van der Waals surface area contributed by atoms with Gasteiger partial charge in [-0.25, -0.2) is 0 Å². The SMILES string of the molecule is O=C1C=C(Cl)C(=O)C(c2c[nH]c3ccc(Br)cc23)=C1Cl. The van der Waals surface area contributed by atoms with Crippen molar-refractivity contribution in [1.82, 2.24) is 4.98 Å². The van der Waals surface area contributed by atoms with E-state index >= 15 is 0 Å². The van der Waals surface area contributed by atoms with Crippen LogP contribution < -0.4 is 0 Å². The van der Waals surface area contributed by atoms with E-state index in [0.717, 1.165) is 21.5 Å². The summed E-state index contributed by atoms with van der Waals surface area (Å²) in [6.07, 6.45) is 2.69. The van der Waals surface area contributed by atoms with Crippen LogP contribution in [0.3, 0.4) is 0 Å². The van der Waals surface area contributed by atoms with E-state index in [4.69, 9.17) is 23.2 Å². The van der Waals surface area contributed by atoms with Gasteiger partial charge >= 0.3 is 0 Å². The van der Waals surface area contributed by atoms with Gasteiger partial charge in [0.2, 0.25) is 5.78 Å². The predicted molar refractivity (Wildman–Crippen MR) is 82.7 cm³/mol. The minimum Gasteiger partial charge on any atom is -0.361 e. The number of hydrogen-bond donors (Lipinski definition) is 1. The molecule has 0 spiro atoms. The summed E-state index contributed by atoms with van der Waals surface area (Å²) in [5.74, 6) is -0.909. The second-order valence-corrected chi connectivity index (χ2v) is 5.97. The number of allylic oxidation sites excluding steroid dienone is 4. The molecule has 1 aliphatic rings. The Morgan fingerprint density at radius 2 is 1.90 bits per heavy atom. The molecule has 1 aromatic heterocycles. The molecule has 1 aliphatic carbocycles. The summed E-state index contributed by atoms with van der Waals surface area (Å²) in [7, 11) is 0. The molecule has 0 atom stereocenters. The molecule has 0 bridgehead atoms. The fourth-order valence-electron chi connectivity index (χ4n) is 2.13. The number of aromatic amines is 1. The third kappa shape index (κ3) is 2.04. The summed E-state index contributed by atoms with van der Waals surface area (Å²) in [5, 5.41) is 0.555. The van der Waals surface area contributed by atoms with Gasteiger partial charge in [0.15, 0.2) is 5.78 Å². The lowest BCUT2D eigenvalue weighted by atomic mass is 9.95. The third-order valence-electron chi connectivity index (χ3n) is 3.05. The molecule has 6 heteroatoms. The van der Waals surface area contributed by atoms with E-state index in [1.54, 1.807) is 6.20 Å². The van der Waals surface area contributed by atoms with Crippen molar-refractivity contribution in [1.29, 1.82) is 0 Å². The van der Waals surface area contributed by atoms with Gasteiger partial charge < -0.3 is 4.98 Å². The van der Waals surface area contributed by atoms with E-state index < -0.39 is 11.6 Å². The van der Waals surface area contributed by atoms with Crippen LogP contribution in [0.4, 0.5) is 0 Å². The molecule has 3 rings (SSSR count). The van der Waals surface area contributed by atoms with Crippen LogP contribution in [-0.4, -0.2) is 16.6 Å². The first-order chi connectivity index (χ1) is 9.49. The summed E-state index contributed by atoms with van der Waals surface area (Å²) in [4.78, 5) is 27.0. The maximum Gasteiger partial charge on any atom is 0.206 e. The largest absolute Gasteiger partial charge is 0.361 e. The number of carbonyl (C=O) groups is 2. The molecule has 100 valence electrons. The van der Waals surface area contributed by atoms with Crippen LogP contribution in [-0.2, 0) is 9.59 Å². The number of hydrogen-bond acceptors (Lipinski definition) is 2. The standard InChI is InChI=1S/C14H6BrCl2NO2/c15-6-1-2-10-7(3-6)8(5-18-10)12-13(17)11(19)4-9(16)14(12)20/h1-5,18H. The first-order valence-corrected chi connectivity index (χ1v) is 7.17. The molecule has 0 saturated heterocycles. The van der Waals surface area contributed by atoms with Crippen LogP contribution in [0.15, 0.2) is 45.0 Å². The average molecular weight is 371 g/mol. The average Bonchev–Trinajstić information content (AvgIpc) is 2.80. The highest BCUT2D eigenvalue weighted by atomic mass is 79.9. The number of ketones is 2. The summed E-state index contributed by atoms with van der Waals surface area (Å²) < 4.78 is 0.860. The summed E-state index contributed by atoms with van der Waals surface area (Å²) in [6.45, 7) is 0. The summed E-state index contributed by atoms with van der Waals surface area (Å²) in [5.41, 5.74) is 1.54. The number of aromatic nitrogens is 1. The molecule has 0 fully saturated rings. The van der Waals surface area contributed by atoms with Gasteiger partial charge in [0.1, 0.15) is 0 Å². The monoisotopic (exact) mass is 369 g/mol. The van der Waals surface area contributed by atoms with E-state index in [0.29, 0.717) is 5.56 Å². The zero-order chi connectivity index (χ0) is 14.4. The van der Waals surface area contributed by atoms with E-state index in [9.17, 15) is 9.59 Å². The van der Waals surface area contributed by atoms with Crippen molar-refractivity contribution in [3.8, 4) is 0 Å². The number of fused-ring (bicyclic) bond motifs is 1. The Kier molecular flexibility index (Phi) is 3.32. The van der Waals surface area contributed by atoms with Crippen molar-refractivity contribution >= 4 is 67.2 Å². The maximum atomic E-state index is 12.2. The molecular formula is C14H6BrCl2NO2. The van der Waals surface area contributed by atoms with Crippen molar-refractivity contribution in [2.45, 2.75) is 0 Å². The van der Waals surface area contributed by atoms with Crippen molar-refractivity contribution < 1.29 is 9.59 Å². The molecular weight excluding hydrogens is 365 g/mol. The van der Waals surface area contributed by atoms with Crippen LogP contribution in [0.5, 0.6) is 0 Å². The quantitative estimate of drug-likeness (QED) is 0.766. The number of benzene rings is 1. The fraction of sp³-hybridized carbons (Fsp3) is 0. The number of Topliss-reactive ketones (excluding diaryl/α,β-unsaturated/α-hetero) is 1. The van der Waals surface area contributed by atoms with Gasteiger partial charge in [-0.15, -0.1) is 0 Å². The number of halogens is 3. The van der Waals surface area contributed by atoms with Gasteiger partial charge in [-0.3, -0.25) is 9.59 Å². The van der Waals surface area contributed by atoms with Crippen molar-refractivity contribution in [3.63, 3.8) is 0 Å². The lowest BCUT2D eigenvalue weighted by molar-refractivity contribution is -0.113. The number of rotatable bonds is 1. The summed E-state index contributed by atoms with van der Waals surface area (Å²) >= 11 is 15.2. The van der Waals surface area contributed by atoms with E-state index in [2.05, 4.69) is 20.9 Å². The predicted octanol–water partition coefficient (Wildman–Crippen LogP) is 4.15. The number of carbonyl (C=O) groups excluding carboxylic acids is 2. The minimum atomic E-state index is -0.462. The Labute approximate surface area is 132 Å². The van der Waals surface area contributed by atoms with Crippen LogP contribution in [0, 0.1) is 0 Å². The van der Waals surface area contributed by atoms with Gasteiger partial charge in [-0.1, -0.05) is 39.1 Å². The molecule has 0 unspecified atom stereocenters. The highest BCUT2D eigenvalue weighted by molar-refractivity contribution is 9.10. The minimum absolute atomic E-state index is 0.111. The molecule has 0 amide bonds. The molecule has 0 aliphatic heterocycles. The lowest BCUT2D eigenvalue weighted by Crippen LogP contribution is -2.13. The van der Waals surface area contributed by atoms with Crippen LogP contribution >= 0.6 is 39.1 Å². The highest BCUT2D eigenvalue weighted by Gasteiger charge is 2.29. The number of H-pyrrole nitrogens is 1. The second kappa shape index (κ2) is 4.88. The van der Waals surface area contributed by atoms with Crippen LogP contribution in [0.1, 0.15) is 5.56 Å². The van der Waals surface area contributed by atoms with E-state index in [1.807, 2.05) is 18.2 Å². The van der Waals surface area contributed by atoms with Gasteiger partial charge in [0.25, 0.3) is 0 Å². The Hall–Kier alpha value is -1.36. The molecule has 1 aromatic carbocycles. The molecule has 3 nitrogen and oxygen atoms in total. The van der Waals surface area contributed by atoms with Gasteiger partial charge in [-0.2, -0.15) is 0 Å². The molecule has 2 aromatic rings. The van der Waals surface area contributed by atoms with E-state index in [-0.39, 0.29) is 15.6 Å². The first-order valence-electron chi connectivity index (χ1n) is 5.62. The normalized spacial score (nSPS) is 16.1. The van der Waals surface area contributed by atoms with Crippen molar-refractivity contribution in [2.75, 3.05) is 0 Å². The molecule has 0 saturated carbocycles. The molecule has 1 heterocycles. The topological polar surface area (TPSA) is 49.9 Å². The van der Waals surface area contributed by atoms with Crippen molar-refractivity contribution in [3.05, 3.63) is 50.6 Å². The van der Waals surface area contributed by atoms with Gasteiger partial charge in [-0.05, 0) is 18.2 Å². The fourth-order valence-corrected chi connectivity index (χ4v) is 2.92. The zero-order valence-electron chi connectivity index (χ0n) is 9.84. The second-order valence-electron chi connectivity index (χ2n) is 4.27. The maximum absolute atomic E-state index is 12.2. The molecule has 20 heavy (non-hydrogen) atoms.